The molecule has 1 aliphatic rings. The first kappa shape index (κ1) is 32.9. The van der Waals surface area contributed by atoms with Crippen LogP contribution in [0.4, 0.5) is 0 Å². The van der Waals surface area contributed by atoms with E-state index >= 15 is 0 Å². The Morgan fingerprint density at radius 3 is 1.21 bits per heavy atom. The SMILES string of the molecule is [Cl-].c1ccc(C[NH+](CCCCCCCCCCCCCCCCCCCC2CO2)Cc2ccccc2)cc1. The van der Waals surface area contributed by atoms with Gasteiger partial charge in [-0.05, 0) is 19.3 Å². The number of ether oxygens (including phenoxy) is 1. The van der Waals surface area contributed by atoms with Crippen LogP contribution >= 0.6 is 0 Å². The molecule has 38 heavy (non-hydrogen) atoms. The molecule has 2 aromatic carbocycles. The lowest BCUT2D eigenvalue weighted by atomic mass is 10.0. The van der Waals surface area contributed by atoms with Gasteiger partial charge in [0.2, 0.25) is 0 Å². The van der Waals surface area contributed by atoms with Crippen molar-refractivity contribution < 1.29 is 22.0 Å². The first-order valence-corrected chi connectivity index (χ1v) is 15.9. The Kier molecular flexibility index (Phi) is 19.4. The predicted octanol–water partition coefficient (Wildman–Crippen LogP) is 5.70. The van der Waals surface area contributed by atoms with Crippen LogP contribution in [0.15, 0.2) is 60.7 Å². The van der Waals surface area contributed by atoms with Gasteiger partial charge in [0.05, 0.1) is 19.3 Å². The topological polar surface area (TPSA) is 17.0 Å². The molecule has 0 saturated carbocycles. The maximum atomic E-state index is 5.28. The second-order valence-corrected chi connectivity index (χ2v) is 11.6. The summed E-state index contributed by atoms with van der Waals surface area (Å²) in [5.74, 6) is 0. The molecule has 1 heterocycles. The average Bonchev–Trinajstić information content (AvgIpc) is 3.75. The standard InChI is InChI=1S/C35H55NO.ClH/c1(2-4-6-8-10-12-14-22-28-35-32-37-35)3-5-7-9-11-13-15-23-29-36(30-33-24-18-16-19-25-33)31-34-26-20-17-21-27-34;/h16-21,24-27,35H,1-15,22-23,28-32H2;1H. The summed E-state index contributed by atoms with van der Waals surface area (Å²) < 4.78 is 5.28. The van der Waals surface area contributed by atoms with E-state index in [0.717, 1.165) is 19.7 Å². The zero-order valence-electron chi connectivity index (χ0n) is 24.2. The van der Waals surface area contributed by atoms with E-state index in [1.807, 2.05) is 0 Å². The van der Waals surface area contributed by atoms with Crippen molar-refractivity contribution in [1.29, 1.82) is 0 Å². The van der Waals surface area contributed by atoms with Crippen molar-refractivity contribution in [1.82, 2.24) is 0 Å². The zero-order chi connectivity index (χ0) is 25.6. The third-order valence-electron chi connectivity index (χ3n) is 8.05. The quantitative estimate of drug-likeness (QED) is 0.133. The summed E-state index contributed by atoms with van der Waals surface area (Å²) in [5, 5.41) is 0. The average molecular weight is 542 g/mol. The Morgan fingerprint density at radius 1 is 0.500 bits per heavy atom. The van der Waals surface area contributed by atoms with Crippen molar-refractivity contribution in [3.63, 3.8) is 0 Å². The number of rotatable bonds is 24. The Hall–Kier alpha value is -1.35. The molecule has 1 atom stereocenters. The van der Waals surface area contributed by atoms with Gasteiger partial charge in [-0.2, -0.15) is 0 Å². The van der Waals surface area contributed by atoms with Crippen LogP contribution in [0.3, 0.4) is 0 Å². The van der Waals surface area contributed by atoms with E-state index in [0.29, 0.717) is 6.10 Å². The number of quaternary nitrogens is 1. The van der Waals surface area contributed by atoms with E-state index in [2.05, 4.69) is 60.7 Å². The minimum atomic E-state index is 0. The van der Waals surface area contributed by atoms with Crippen molar-refractivity contribution in [3.8, 4) is 0 Å². The van der Waals surface area contributed by atoms with Crippen LogP contribution < -0.4 is 17.3 Å². The lowest BCUT2D eigenvalue weighted by Crippen LogP contribution is -3.09. The molecule has 0 spiro atoms. The van der Waals surface area contributed by atoms with Crippen LogP contribution in [0.1, 0.15) is 127 Å². The number of halogens is 1. The van der Waals surface area contributed by atoms with Crippen LogP contribution in [0, 0.1) is 0 Å². The molecule has 1 saturated heterocycles. The van der Waals surface area contributed by atoms with E-state index in [4.69, 9.17) is 4.74 Å². The first-order chi connectivity index (χ1) is 18.4. The van der Waals surface area contributed by atoms with Gasteiger partial charge in [0.15, 0.2) is 0 Å². The monoisotopic (exact) mass is 541 g/mol. The molecule has 3 heteroatoms. The molecule has 0 aromatic heterocycles. The molecule has 1 aliphatic heterocycles. The van der Waals surface area contributed by atoms with Gasteiger partial charge in [-0.25, -0.2) is 0 Å². The summed E-state index contributed by atoms with van der Waals surface area (Å²) >= 11 is 0. The molecule has 0 aliphatic carbocycles. The molecule has 3 rings (SSSR count). The third kappa shape index (κ3) is 17.3. The largest absolute Gasteiger partial charge is 1.00 e. The van der Waals surface area contributed by atoms with Gasteiger partial charge < -0.3 is 22.0 Å². The van der Waals surface area contributed by atoms with Crippen LogP contribution in [0.25, 0.3) is 0 Å². The Labute approximate surface area is 241 Å². The minimum absolute atomic E-state index is 0. The minimum Gasteiger partial charge on any atom is -1.00 e. The summed E-state index contributed by atoms with van der Waals surface area (Å²) in [6.07, 6.45) is 26.3. The second-order valence-electron chi connectivity index (χ2n) is 11.6. The fourth-order valence-corrected chi connectivity index (χ4v) is 5.64. The molecular formula is C35H56ClNO. The molecule has 1 N–H and O–H groups in total. The summed E-state index contributed by atoms with van der Waals surface area (Å²) in [6.45, 7) is 4.57. The summed E-state index contributed by atoms with van der Waals surface area (Å²) in [6, 6.07) is 22.0. The highest BCUT2D eigenvalue weighted by molar-refractivity contribution is 5.14. The van der Waals surface area contributed by atoms with Gasteiger partial charge in [-0.1, -0.05) is 157 Å². The Morgan fingerprint density at radius 2 is 0.842 bits per heavy atom. The number of hydrogen-bond acceptors (Lipinski definition) is 1. The van der Waals surface area contributed by atoms with E-state index in [1.165, 1.54) is 133 Å². The summed E-state index contributed by atoms with van der Waals surface area (Å²) in [5.41, 5.74) is 2.91. The number of hydrogen-bond donors (Lipinski definition) is 1. The molecule has 1 fully saturated rings. The fourth-order valence-electron chi connectivity index (χ4n) is 5.64. The first-order valence-electron chi connectivity index (χ1n) is 15.9. The number of epoxide rings is 1. The van der Waals surface area contributed by atoms with Crippen LogP contribution in [-0.4, -0.2) is 19.3 Å². The molecule has 214 valence electrons. The molecule has 0 radical (unpaired) electrons. The van der Waals surface area contributed by atoms with Gasteiger partial charge >= 0.3 is 0 Å². The fraction of sp³-hybridized carbons (Fsp3) is 0.657. The number of unbranched alkanes of at least 4 members (excludes halogenated alkanes) is 16. The maximum absolute atomic E-state index is 5.28. The van der Waals surface area contributed by atoms with E-state index in [1.54, 1.807) is 4.90 Å². The molecule has 2 nitrogen and oxygen atoms in total. The lowest BCUT2D eigenvalue weighted by molar-refractivity contribution is -0.927. The number of benzene rings is 2. The van der Waals surface area contributed by atoms with Gasteiger partial charge in [0.1, 0.15) is 13.1 Å². The molecular weight excluding hydrogens is 486 g/mol. The summed E-state index contributed by atoms with van der Waals surface area (Å²) in [7, 11) is 0. The van der Waals surface area contributed by atoms with Crippen LogP contribution in [0.2, 0.25) is 0 Å². The van der Waals surface area contributed by atoms with Gasteiger partial charge in [0.25, 0.3) is 0 Å². The van der Waals surface area contributed by atoms with E-state index < -0.39 is 0 Å². The van der Waals surface area contributed by atoms with Crippen LogP contribution in [0.5, 0.6) is 0 Å². The maximum Gasteiger partial charge on any atom is 0.103 e. The zero-order valence-corrected chi connectivity index (χ0v) is 24.9. The molecule has 1 unspecified atom stereocenters. The van der Waals surface area contributed by atoms with Gasteiger partial charge in [-0.3, -0.25) is 0 Å². The van der Waals surface area contributed by atoms with Crippen LogP contribution in [-0.2, 0) is 17.8 Å². The highest BCUT2D eigenvalue weighted by Gasteiger charge is 2.20. The Balaban J connectivity index is 0.00000507. The summed E-state index contributed by atoms with van der Waals surface area (Å²) in [4.78, 5) is 1.69. The predicted molar refractivity (Wildman–Crippen MR) is 159 cm³/mol. The van der Waals surface area contributed by atoms with Crippen molar-refractivity contribution >= 4 is 0 Å². The van der Waals surface area contributed by atoms with E-state index in [9.17, 15) is 0 Å². The van der Waals surface area contributed by atoms with Crippen molar-refractivity contribution in [2.45, 2.75) is 135 Å². The molecule has 0 bridgehead atoms. The smallest absolute Gasteiger partial charge is 0.103 e. The number of nitrogens with one attached hydrogen (secondary N) is 1. The second kappa shape index (κ2) is 22.5. The normalized spacial score (nSPS) is 14.5. The third-order valence-corrected chi connectivity index (χ3v) is 8.05. The van der Waals surface area contributed by atoms with Crippen molar-refractivity contribution in [2.75, 3.05) is 13.2 Å². The lowest BCUT2D eigenvalue weighted by Gasteiger charge is -2.20. The molecule has 0 amide bonds. The van der Waals surface area contributed by atoms with Gasteiger partial charge in [0, 0.05) is 11.1 Å². The van der Waals surface area contributed by atoms with Crippen molar-refractivity contribution in [3.05, 3.63) is 71.8 Å². The highest BCUT2D eigenvalue weighted by atomic mass is 35.5. The van der Waals surface area contributed by atoms with Gasteiger partial charge in [-0.15, -0.1) is 0 Å². The van der Waals surface area contributed by atoms with E-state index in [-0.39, 0.29) is 12.4 Å². The Bertz CT molecular complexity index is 723. The highest BCUT2D eigenvalue weighted by Crippen LogP contribution is 2.18. The van der Waals surface area contributed by atoms with Crippen molar-refractivity contribution in [2.24, 2.45) is 0 Å². The molecule has 2 aromatic rings.